The topological polar surface area (TPSA) is 98.0 Å². The first-order valence-electron chi connectivity index (χ1n) is 12.0. The molecule has 8 nitrogen and oxygen atoms in total. The molecule has 0 radical (unpaired) electrons. The Morgan fingerprint density at radius 2 is 1.78 bits per heavy atom. The van der Waals surface area contributed by atoms with E-state index >= 15 is 0 Å². The minimum Gasteiger partial charge on any atom is -0.468 e. The van der Waals surface area contributed by atoms with Gasteiger partial charge >= 0.3 is 5.97 Å². The van der Waals surface area contributed by atoms with Gasteiger partial charge in [-0.1, -0.05) is 48.9 Å². The summed E-state index contributed by atoms with van der Waals surface area (Å²) in [5.41, 5.74) is 2.97. The lowest BCUT2D eigenvalue weighted by molar-refractivity contribution is -0.141. The smallest absolute Gasteiger partial charge is 0.325 e. The lowest BCUT2D eigenvalue weighted by atomic mass is 9.98. The van der Waals surface area contributed by atoms with Crippen LogP contribution in [-0.4, -0.2) is 49.4 Å². The van der Waals surface area contributed by atoms with Crippen molar-refractivity contribution in [1.82, 2.24) is 8.87 Å². The van der Waals surface area contributed by atoms with E-state index in [1.807, 2.05) is 19.1 Å². The summed E-state index contributed by atoms with van der Waals surface area (Å²) in [5, 5.41) is 0. The molecule has 2 aromatic carbocycles. The number of methoxy groups -OCH3 is 1. The van der Waals surface area contributed by atoms with Gasteiger partial charge in [0.2, 0.25) is 10.0 Å². The van der Waals surface area contributed by atoms with Crippen LogP contribution >= 0.6 is 11.3 Å². The van der Waals surface area contributed by atoms with Crippen LogP contribution in [0.25, 0.3) is 10.2 Å². The average molecular weight is 530 g/mol. The van der Waals surface area contributed by atoms with Crippen LogP contribution in [-0.2, 0) is 30.9 Å². The summed E-state index contributed by atoms with van der Waals surface area (Å²) in [6.07, 6.45) is 0.791. The predicted octanol–water partition coefficient (Wildman–Crippen LogP) is 3.84. The summed E-state index contributed by atoms with van der Waals surface area (Å²) in [4.78, 5) is 30.3. The summed E-state index contributed by atoms with van der Waals surface area (Å²) in [5.74, 6) is -0.755. The van der Waals surface area contributed by atoms with Gasteiger partial charge in [0.05, 0.1) is 22.2 Å². The molecule has 0 spiro atoms. The number of thiazole rings is 1. The van der Waals surface area contributed by atoms with Crippen LogP contribution in [0.15, 0.2) is 52.4 Å². The molecule has 1 aromatic heterocycles. The maximum absolute atomic E-state index is 13.1. The van der Waals surface area contributed by atoms with Crippen molar-refractivity contribution in [2.75, 3.05) is 20.2 Å². The molecule has 0 saturated carbocycles. The number of esters is 1. The fourth-order valence-corrected chi connectivity index (χ4v) is 6.82. The van der Waals surface area contributed by atoms with E-state index in [0.717, 1.165) is 21.3 Å². The largest absolute Gasteiger partial charge is 0.468 e. The van der Waals surface area contributed by atoms with Crippen LogP contribution in [0.1, 0.15) is 43.7 Å². The number of rotatable bonds is 6. The van der Waals surface area contributed by atoms with Gasteiger partial charge < -0.3 is 9.30 Å². The molecule has 10 heteroatoms. The zero-order valence-electron chi connectivity index (χ0n) is 20.9. The lowest BCUT2D eigenvalue weighted by Crippen LogP contribution is -2.40. The zero-order valence-corrected chi connectivity index (χ0v) is 22.6. The average Bonchev–Trinajstić information content (AvgIpc) is 3.20. The van der Waals surface area contributed by atoms with E-state index < -0.39 is 16.0 Å². The van der Waals surface area contributed by atoms with Crippen molar-refractivity contribution in [3.8, 4) is 0 Å². The summed E-state index contributed by atoms with van der Waals surface area (Å²) in [6, 6.07) is 12.8. The summed E-state index contributed by atoms with van der Waals surface area (Å²) < 4.78 is 34.9. The minimum atomic E-state index is -3.60. The molecule has 0 bridgehead atoms. The number of aryl methyl sites for hydroxylation is 1. The van der Waals surface area contributed by atoms with Crippen molar-refractivity contribution < 1.29 is 22.7 Å². The highest BCUT2D eigenvalue weighted by molar-refractivity contribution is 7.89. The molecule has 1 fully saturated rings. The standard InChI is InChI=1S/C26H31N3O5S2/c1-17(2)20-7-10-22-23(15-20)35-26(29(22)16-24(30)34-4)27-25(31)19-11-13-28(14-12-19)36(32,33)21-8-5-18(3)6-9-21/h5-10,15,17,19H,11-14,16H2,1-4H3. The van der Waals surface area contributed by atoms with Crippen LogP contribution in [0.3, 0.4) is 0 Å². The number of piperidine rings is 1. The Balaban J connectivity index is 1.57. The number of benzene rings is 2. The third kappa shape index (κ3) is 5.45. The Morgan fingerprint density at radius 3 is 2.39 bits per heavy atom. The van der Waals surface area contributed by atoms with Gasteiger partial charge in [-0.05, 0) is 55.5 Å². The van der Waals surface area contributed by atoms with Gasteiger partial charge in [-0.25, -0.2) is 8.42 Å². The fourth-order valence-electron chi connectivity index (χ4n) is 4.27. The van der Waals surface area contributed by atoms with Gasteiger partial charge in [0.25, 0.3) is 5.91 Å². The monoisotopic (exact) mass is 529 g/mol. The number of amides is 1. The van der Waals surface area contributed by atoms with Gasteiger partial charge in [0.15, 0.2) is 4.80 Å². The van der Waals surface area contributed by atoms with E-state index in [2.05, 4.69) is 24.9 Å². The molecule has 192 valence electrons. The molecule has 1 saturated heterocycles. The first kappa shape index (κ1) is 26.2. The van der Waals surface area contributed by atoms with Crippen LogP contribution < -0.4 is 4.80 Å². The summed E-state index contributed by atoms with van der Waals surface area (Å²) in [6.45, 7) is 6.60. The second-order valence-corrected chi connectivity index (χ2v) is 12.3. The number of nitrogens with zero attached hydrogens (tertiary/aromatic N) is 3. The van der Waals surface area contributed by atoms with E-state index in [-0.39, 0.29) is 36.4 Å². The van der Waals surface area contributed by atoms with Crippen molar-refractivity contribution >= 4 is 43.5 Å². The fraction of sp³-hybridized carbons (Fsp3) is 0.423. The SMILES string of the molecule is COC(=O)Cn1c(=NC(=O)C2CCN(S(=O)(=O)c3ccc(C)cc3)CC2)sc2cc(C(C)C)ccc21. The van der Waals surface area contributed by atoms with Crippen molar-refractivity contribution in [3.63, 3.8) is 0 Å². The molecule has 1 aliphatic rings. The number of hydrogen-bond donors (Lipinski definition) is 0. The number of carbonyl (C=O) groups excluding carboxylic acids is 2. The molecule has 1 amide bonds. The molecular formula is C26H31N3O5S2. The Labute approximate surface area is 215 Å². The lowest BCUT2D eigenvalue weighted by Gasteiger charge is -2.29. The van der Waals surface area contributed by atoms with E-state index in [0.29, 0.717) is 23.6 Å². The van der Waals surface area contributed by atoms with E-state index in [9.17, 15) is 18.0 Å². The van der Waals surface area contributed by atoms with Gasteiger partial charge in [0, 0.05) is 19.0 Å². The predicted molar refractivity (Wildman–Crippen MR) is 139 cm³/mol. The second kappa shape index (κ2) is 10.7. The number of ether oxygens (including phenoxy) is 1. The quantitative estimate of drug-likeness (QED) is 0.452. The third-order valence-electron chi connectivity index (χ3n) is 6.56. The van der Waals surface area contributed by atoms with E-state index in [1.165, 1.54) is 22.8 Å². The van der Waals surface area contributed by atoms with Crippen LogP contribution in [0.5, 0.6) is 0 Å². The number of carbonyl (C=O) groups is 2. The summed E-state index contributed by atoms with van der Waals surface area (Å²) in [7, 11) is -2.27. The Bertz CT molecular complexity index is 1440. The molecule has 2 heterocycles. The first-order chi connectivity index (χ1) is 17.1. The molecule has 0 N–H and O–H groups in total. The van der Waals surface area contributed by atoms with Crippen molar-refractivity contribution in [1.29, 1.82) is 0 Å². The van der Waals surface area contributed by atoms with Crippen molar-refractivity contribution in [2.45, 2.75) is 51.0 Å². The van der Waals surface area contributed by atoms with E-state index in [1.54, 1.807) is 28.8 Å². The van der Waals surface area contributed by atoms with Crippen molar-refractivity contribution in [3.05, 3.63) is 58.4 Å². The van der Waals surface area contributed by atoms with Gasteiger partial charge in [-0.3, -0.25) is 9.59 Å². The van der Waals surface area contributed by atoms with Gasteiger partial charge in [0.1, 0.15) is 6.54 Å². The number of hydrogen-bond acceptors (Lipinski definition) is 6. The first-order valence-corrected chi connectivity index (χ1v) is 14.2. The minimum absolute atomic E-state index is 0.0448. The number of aromatic nitrogens is 1. The highest BCUT2D eigenvalue weighted by Crippen LogP contribution is 2.26. The molecular weight excluding hydrogens is 498 g/mol. The van der Waals surface area contributed by atoms with Crippen molar-refractivity contribution in [2.24, 2.45) is 10.9 Å². The van der Waals surface area contributed by atoms with Gasteiger partial charge in [-0.15, -0.1) is 0 Å². The maximum Gasteiger partial charge on any atom is 0.325 e. The Hall–Kier alpha value is -2.82. The molecule has 1 aliphatic heterocycles. The molecule has 0 aliphatic carbocycles. The Morgan fingerprint density at radius 1 is 1.11 bits per heavy atom. The van der Waals surface area contributed by atoms with Gasteiger partial charge in [-0.2, -0.15) is 9.30 Å². The number of sulfonamides is 1. The zero-order chi connectivity index (χ0) is 26.0. The molecule has 0 atom stereocenters. The van der Waals surface area contributed by atoms with Crippen LogP contribution in [0.2, 0.25) is 0 Å². The highest BCUT2D eigenvalue weighted by atomic mass is 32.2. The second-order valence-electron chi connectivity index (χ2n) is 9.37. The normalized spacial score (nSPS) is 16.1. The van der Waals surface area contributed by atoms with Crippen LogP contribution in [0.4, 0.5) is 0 Å². The molecule has 0 unspecified atom stereocenters. The summed E-state index contributed by atoms with van der Waals surface area (Å²) >= 11 is 1.36. The molecule has 36 heavy (non-hydrogen) atoms. The molecule has 4 rings (SSSR count). The van der Waals surface area contributed by atoms with E-state index in [4.69, 9.17) is 4.74 Å². The highest BCUT2D eigenvalue weighted by Gasteiger charge is 2.32. The van der Waals surface area contributed by atoms with Crippen LogP contribution in [0, 0.1) is 12.8 Å². The third-order valence-corrected chi connectivity index (χ3v) is 9.51. The Kier molecular flexibility index (Phi) is 7.77. The number of fused-ring (bicyclic) bond motifs is 1. The maximum atomic E-state index is 13.1. The molecule has 3 aromatic rings.